The molecule has 1 aromatic heterocycles. The van der Waals surface area contributed by atoms with Crippen LogP contribution in [0.15, 0.2) is 0 Å². The zero-order chi connectivity index (χ0) is 19.6. The summed E-state index contributed by atoms with van der Waals surface area (Å²) in [6, 6.07) is 2.27. The summed E-state index contributed by atoms with van der Waals surface area (Å²) >= 11 is 1.51. The zero-order valence-electron chi connectivity index (χ0n) is 16.4. The van der Waals surface area contributed by atoms with Crippen LogP contribution in [0.25, 0.3) is 0 Å². The van der Waals surface area contributed by atoms with Gasteiger partial charge < -0.3 is 10.1 Å². The molecular weight excluding hydrogens is 360 g/mol. The average Bonchev–Trinajstić information content (AvgIpc) is 2.94. The molecule has 2 aliphatic rings. The molecule has 0 spiro atoms. The van der Waals surface area contributed by atoms with Crippen LogP contribution in [0.1, 0.15) is 68.9 Å². The fraction of sp³-hybridized carbons (Fsp3) is 0.667. The number of hydrogen-bond acceptors (Lipinski definition) is 5. The monoisotopic (exact) mass is 388 g/mol. The molecule has 3 rings (SSSR count). The van der Waals surface area contributed by atoms with Gasteiger partial charge in [0.1, 0.15) is 11.1 Å². The van der Waals surface area contributed by atoms with Crippen molar-refractivity contribution >= 4 is 28.2 Å². The third kappa shape index (κ3) is 4.19. The van der Waals surface area contributed by atoms with Crippen LogP contribution in [0.5, 0.6) is 0 Å². The molecule has 27 heavy (non-hydrogen) atoms. The Kier molecular flexibility index (Phi) is 5.90. The lowest BCUT2D eigenvalue weighted by molar-refractivity contribution is -0.154. The van der Waals surface area contributed by atoms with E-state index in [0.717, 1.165) is 50.5 Å². The Morgan fingerprint density at radius 2 is 2.07 bits per heavy atom. The van der Waals surface area contributed by atoms with Gasteiger partial charge in [-0.15, -0.1) is 11.3 Å². The molecule has 146 valence electrons. The van der Waals surface area contributed by atoms with E-state index in [2.05, 4.69) is 32.2 Å². The summed E-state index contributed by atoms with van der Waals surface area (Å²) in [7, 11) is 0. The predicted octanol–water partition coefficient (Wildman–Crippen LogP) is 4.44. The number of anilines is 1. The second-order valence-electron chi connectivity index (χ2n) is 8.39. The molecule has 5 nitrogen and oxygen atoms in total. The minimum Gasteiger partial charge on any atom is -0.455 e. The standard InChI is InChI=1S/C21H28N2O3S/c1-4-21(2,3)14-8-9-15-16(11-22)19(27-17(15)10-14)23-18(24)12-26-20(25)13-6-5-7-13/h13-14H,4-10,12H2,1-3H3,(H,23,24). The highest BCUT2D eigenvalue weighted by atomic mass is 32.1. The minimum atomic E-state index is -0.372. The lowest BCUT2D eigenvalue weighted by Gasteiger charge is -2.36. The first kappa shape index (κ1) is 19.9. The number of thiophene rings is 1. The molecule has 1 N–H and O–H groups in total. The number of amides is 1. The largest absolute Gasteiger partial charge is 0.455 e. The Bertz CT molecular complexity index is 771. The van der Waals surface area contributed by atoms with Crippen molar-refractivity contribution in [1.82, 2.24) is 0 Å². The van der Waals surface area contributed by atoms with Crippen molar-refractivity contribution in [3.05, 3.63) is 16.0 Å². The molecule has 0 saturated heterocycles. The molecule has 1 heterocycles. The minimum absolute atomic E-state index is 0.0413. The van der Waals surface area contributed by atoms with Crippen LogP contribution in [-0.4, -0.2) is 18.5 Å². The van der Waals surface area contributed by atoms with Crippen molar-refractivity contribution in [3.63, 3.8) is 0 Å². The number of carbonyl (C=O) groups excluding carboxylic acids is 2. The third-order valence-electron chi connectivity index (χ3n) is 6.43. The van der Waals surface area contributed by atoms with Gasteiger partial charge in [0.25, 0.3) is 5.91 Å². The van der Waals surface area contributed by atoms with E-state index in [4.69, 9.17) is 4.74 Å². The van der Waals surface area contributed by atoms with Crippen molar-refractivity contribution in [2.75, 3.05) is 11.9 Å². The van der Waals surface area contributed by atoms with Gasteiger partial charge in [0.05, 0.1) is 11.5 Å². The summed E-state index contributed by atoms with van der Waals surface area (Å²) in [5, 5.41) is 13.0. The van der Waals surface area contributed by atoms with Crippen LogP contribution in [0.3, 0.4) is 0 Å². The summed E-state index contributed by atoms with van der Waals surface area (Å²) < 4.78 is 5.10. The number of nitrogens with one attached hydrogen (secondary N) is 1. The maximum atomic E-state index is 12.2. The Balaban J connectivity index is 1.65. The van der Waals surface area contributed by atoms with Crippen molar-refractivity contribution in [2.45, 2.75) is 65.7 Å². The lowest BCUT2D eigenvalue weighted by atomic mass is 9.69. The Hall–Kier alpha value is -1.87. The molecule has 6 heteroatoms. The molecule has 1 aromatic rings. The lowest BCUT2D eigenvalue weighted by Crippen LogP contribution is -2.28. The zero-order valence-corrected chi connectivity index (χ0v) is 17.2. The molecule has 2 aliphatic carbocycles. The van der Waals surface area contributed by atoms with Crippen LogP contribution in [0.4, 0.5) is 5.00 Å². The van der Waals surface area contributed by atoms with Crippen LogP contribution < -0.4 is 5.32 Å². The summed E-state index contributed by atoms with van der Waals surface area (Å²) in [5.74, 6) is -0.109. The maximum absolute atomic E-state index is 12.2. The number of rotatable bonds is 6. The number of nitrogens with zero attached hydrogens (tertiary/aromatic N) is 1. The molecule has 0 aromatic carbocycles. The highest BCUT2D eigenvalue weighted by molar-refractivity contribution is 7.16. The quantitative estimate of drug-likeness (QED) is 0.731. The van der Waals surface area contributed by atoms with E-state index in [9.17, 15) is 14.9 Å². The van der Waals surface area contributed by atoms with Crippen molar-refractivity contribution in [2.24, 2.45) is 17.3 Å². The molecule has 1 fully saturated rings. The van der Waals surface area contributed by atoms with Crippen molar-refractivity contribution < 1.29 is 14.3 Å². The Morgan fingerprint density at radius 1 is 1.33 bits per heavy atom. The second-order valence-corrected chi connectivity index (χ2v) is 9.49. The Morgan fingerprint density at radius 3 is 2.67 bits per heavy atom. The van der Waals surface area contributed by atoms with Gasteiger partial charge in [0.15, 0.2) is 6.61 Å². The number of esters is 1. The molecule has 0 radical (unpaired) electrons. The van der Waals surface area contributed by atoms with Gasteiger partial charge in [-0.2, -0.15) is 5.26 Å². The fourth-order valence-corrected chi connectivity index (χ4v) is 5.10. The third-order valence-corrected chi connectivity index (χ3v) is 7.60. The molecule has 1 atom stereocenters. The van der Waals surface area contributed by atoms with Gasteiger partial charge >= 0.3 is 5.97 Å². The molecule has 1 amide bonds. The van der Waals surface area contributed by atoms with Crippen LogP contribution >= 0.6 is 11.3 Å². The molecule has 0 aliphatic heterocycles. The highest BCUT2D eigenvalue weighted by Gasteiger charge is 2.34. The summed E-state index contributed by atoms with van der Waals surface area (Å²) in [5.41, 5.74) is 1.95. The van der Waals surface area contributed by atoms with Gasteiger partial charge in [0, 0.05) is 4.88 Å². The van der Waals surface area contributed by atoms with E-state index in [-0.39, 0.29) is 29.8 Å². The Labute approximate surface area is 165 Å². The van der Waals surface area contributed by atoms with Gasteiger partial charge in [0.2, 0.25) is 0 Å². The van der Waals surface area contributed by atoms with Gasteiger partial charge in [-0.1, -0.05) is 33.6 Å². The van der Waals surface area contributed by atoms with Crippen LogP contribution in [-0.2, 0) is 27.2 Å². The number of carbonyl (C=O) groups is 2. The number of fused-ring (bicyclic) bond motifs is 1. The molecule has 1 unspecified atom stereocenters. The van der Waals surface area contributed by atoms with E-state index >= 15 is 0 Å². The van der Waals surface area contributed by atoms with Crippen LogP contribution in [0, 0.1) is 28.6 Å². The molecular formula is C21H28N2O3S. The van der Waals surface area contributed by atoms with Crippen molar-refractivity contribution in [3.8, 4) is 6.07 Å². The van der Waals surface area contributed by atoms with E-state index < -0.39 is 0 Å². The summed E-state index contributed by atoms with van der Waals surface area (Å²) in [4.78, 5) is 25.2. The molecule has 0 bridgehead atoms. The highest BCUT2D eigenvalue weighted by Crippen LogP contribution is 2.45. The van der Waals surface area contributed by atoms with Gasteiger partial charge in [-0.05, 0) is 49.0 Å². The summed E-state index contributed by atoms with van der Waals surface area (Å²) in [6.07, 6.45) is 6.80. The van der Waals surface area contributed by atoms with E-state index in [1.807, 2.05) is 0 Å². The fourth-order valence-electron chi connectivity index (χ4n) is 3.81. The molecule has 1 saturated carbocycles. The van der Waals surface area contributed by atoms with E-state index in [1.54, 1.807) is 0 Å². The summed E-state index contributed by atoms with van der Waals surface area (Å²) in [6.45, 7) is 6.55. The van der Waals surface area contributed by atoms with E-state index in [0.29, 0.717) is 16.5 Å². The SMILES string of the molecule is CCC(C)(C)C1CCc2c(sc(NC(=O)COC(=O)C3CCC3)c2C#N)C1. The first-order valence-corrected chi connectivity index (χ1v) is 10.7. The number of hydrogen-bond donors (Lipinski definition) is 1. The number of ether oxygens (including phenoxy) is 1. The average molecular weight is 389 g/mol. The maximum Gasteiger partial charge on any atom is 0.309 e. The smallest absolute Gasteiger partial charge is 0.309 e. The first-order valence-electron chi connectivity index (χ1n) is 9.86. The van der Waals surface area contributed by atoms with Gasteiger partial charge in [-0.3, -0.25) is 9.59 Å². The first-order chi connectivity index (χ1) is 12.9. The van der Waals surface area contributed by atoms with Gasteiger partial charge in [-0.25, -0.2) is 0 Å². The van der Waals surface area contributed by atoms with E-state index in [1.165, 1.54) is 16.2 Å². The van der Waals surface area contributed by atoms with Crippen molar-refractivity contribution in [1.29, 1.82) is 5.26 Å². The topological polar surface area (TPSA) is 79.2 Å². The van der Waals surface area contributed by atoms with Crippen LogP contribution in [0.2, 0.25) is 0 Å². The predicted molar refractivity (Wildman–Crippen MR) is 106 cm³/mol. The second kappa shape index (κ2) is 8.02. The number of nitriles is 1. The normalized spacial score (nSPS) is 19.6.